The van der Waals surface area contributed by atoms with E-state index in [9.17, 15) is 110 Å². The number of halogens is 24. The summed E-state index contributed by atoms with van der Waals surface area (Å²) < 4.78 is 354. The monoisotopic (exact) mass is 1190 g/mol. The first-order valence-corrected chi connectivity index (χ1v) is 24.8. The lowest BCUT2D eigenvalue weighted by molar-refractivity contribution is -0.144. The first-order chi connectivity index (χ1) is 36.9. The van der Waals surface area contributed by atoms with E-state index in [1.54, 1.807) is 0 Å². The number of fused-ring (bicyclic) bond motifs is 2. The Morgan fingerprint density at radius 1 is 0.309 bits per heavy atom. The van der Waals surface area contributed by atoms with E-state index in [2.05, 4.69) is 54.6 Å². The van der Waals surface area contributed by atoms with Gasteiger partial charge in [-0.2, -0.15) is 127 Å². The van der Waals surface area contributed by atoms with E-state index >= 15 is 0 Å². The van der Waals surface area contributed by atoms with Gasteiger partial charge in [-0.25, -0.2) is 0 Å². The number of hydrogen-bond donors (Lipinski definition) is 0. The van der Waals surface area contributed by atoms with Crippen LogP contribution in [0.15, 0.2) is 163 Å². The van der Waals surface area contributed by atoms with E-state index in [0.717, 1.165) is 4.90 Å². The van der Waals surface area contributed by atoms with E-state index in [-0.39, 0.29) is 0 Å². The van der Waals surface area contributed by atoms with E-state index in [4.69, 9.17) is 0 Å². The zero-order valence-electron chi connectivity index (χ0n) is 40.2. The zero-order valence-corrected chi connectivity index (χ0v) is 41.0. The highest BCUT2D eigenvalue weighted by Crippen LogP contribution is 2.42. The van der Waals surface area contributed by atoms with Gasteiger partial charge in [-0.15, -0.1) is 0 Å². The van der Waals surface area contributed by atoms with Gasteiger partial charge >= 0.3 is 49.4 Å². The second-order valence-corrected chi connectivity index (χ2v) is 21.3. The smallest absolute Gasteiger partial charge is 0.194 e. The van der Waals surface area contributed by atoms with E-state index in [0.29, 0.717) is 5.75 Å². The molecule has 0 heterocycles. The Balaban J connectivity index is 0.000000323. The minimum absolute atomic E-state index is 0.554. The van der Waals surface area contributed by atoms with Crippen LogP contribution in [-0.4, -0.2) is 12.4 Å². The molecule has 0 aliphatic rings. The SMILES string of the molecule is C[S+](=O)(Cc1c2ccccc2cc2ccccc12)c1ccccc1.FC(F)(F)c1cc([B-](c2cc(C(F)(F)F)cc(C(F)(F)F)c2)(c2cc(C(F)(F)F)cc(C(F)(F)F)c2)c2cc(C(F)(F)F)cc(C(F)(F)F)c2)cc(C(F)(F)F)c1. The average Bonchev–Trinajstić information content (AvgIpc) is 3.34. The number of hydrogen-bond acceptors (Lipinski definition) is 1. The maximum Gasteiger partial charge on any atom is 0.416 e. The van der Waals surface area contributed by atoms with Gasteiger partial charge in [0.15, 0.2) is 4.90 Å². The summed E-state index contributed by atoms with van der Waals surface area (Å²) in [5, 5.41) is 4.80. The van der Waals surface area contributed by atoms with Crippen LogP contribution in [0.1, 0.15) is 50.1 Å². The predicted molar refractivity (Wildman–Crippen MR) is 254 cm³/mol. The summed E-state index contributed by atoms with van der Waals surface area (Å²) in [4.78, 5) is 0.919. The number of rotatable bonds is 7. The molecule has 0 spiro atoms. The molecule has 0 amide bonds. The normalized spacial score (nSPS) is 14.2. The number of benzene rings is 8. The fourth-order valence-corrected chi connectivity index (χ4v) is 11.2. The molecular formula is C54H31BF24OS. The second-order valence-electron chi connectivity index (χ2n) is 18.5. The largest absolute Gasteiger partial charge is 0.416 e. The van der Waals surface area contributed by atoms with Crippen LogP contribution >= 0.6 is 0 Å². The van der Waals surface area contributed by atoms with Crippen LogP contribution in [0.4, 0.5) is 105 Å². The third-order valence-electron chi connectivity index (χ3n) is 13.0. The van der Waals surface area contributed by atoms with Crippen LogP contribution < -0.4 is 21.9 Å². The molecule has 1 atom stereocenters. The maximum absolute atomic E-state index is 14.2. The molecule has 430 valence electrons. The molecule has 0 aliphatic carbocycles. The highest BCUT2D eigenvalue weighted by Gasteiger charge is 2.47. The van der Waals surface area contributed by atoms with E-state index in [1.807, 2.05) is 36.6 Å². The van der Waals surface area contributed by atoms with Crippen LogP contribution in [-0.2, 0) is 69.3 Å². The third kappa shape index (κ3) is 13.3. The summed E-state index contributed by atoms with van der Waals surface area (Å²) in [7, 11) is -2.15. The Labute approximate surface area is 442 Å². The molecule has 1 nitrogen and oxygen atoms in total. The van der Waals surface area contributed by atoms with Crippen molar-refractivity contribution in [2.75, 3.05) is 6.26 Å². The van der Waals surface area contributed by atoms with Gasteiger partial charge < -0.3 is 0 Å². The van der Waals surface area contributed by atoms with Crippen LogP contribution in [0.2, 0.25) is 0 Å². The molecule has 0 saturated heterocycles. The summed E-state index contributed by atoms with van der Waals surface area (Å²) in [5.41, 5.74) is -29.0. The quantitative estimate of drug-likeness (QED) is 0.0673. The van der Waals surface area contributed by atoms with Crippen molar-refractivity contribution < 1.29 is 110 Å². The van der Waals surface area contributed by atoms with Gasteiger partial charge in [-0.3, -0.25) is 0 Å². The van der Waals surface area contributed by atoms with Crippen molar-refractivity contribution in [3.05, 3.63) is 208 Å². The van der Waals surface area contributed by atoms with Crippen molar-refractivity contribution in [1.82, 2.24) is 0 Å². The molecular weight excluding hydrogens is 1160 g/mol. The fourth-order valence-electron chi connectivity index (χ4n) is 9.40. The average molecular weight is 1190 g/mol. The molecule has 27 heteroatoms. The topological polar surface area (TPSA) is 17.1 Å². The van der Waals surface area contributed by atoms with Crippen molar-refractivity contribution in [3.63, 3.8) is 0 Å². The van der Waals surface area contributed by atoms with Crippen LogP contribution in [0.3, 0.4) is 0 Å². The van der Waals surface area contributed by atoms with Crippen molar-refractivity contribution in [2.45, 2.75) is 60.1 Å². The Kier molecular flexibility index (Phi) is 15.9. The fraction of sp³-hybridized carbons (Fsp3) is 0.185. The first kappa shape index (κ1) is 61.4. The highest BCUT2D eigenvalue weighted by molar-refractivity contribution is 8.01. The van der Waals surface area contributed by atoms with Gasteiger partial charge in [-0.1, -0.05) is 119 Å². The van der Waals surface area contributed by atoms with Gasteiger partial charge in [0.2, 0.25) is 0 Å². The van der Waals surface area contributed by atoms with Crippen molar-refractivity contribution in [1.29, 1.82) is 0 Å². The van der Waals surface area contributed by atoms with Crippen molar-refractivity contribution in [3.8, 4) is 0 Å². The molecule has 0 N–H and O–H groups in total. The molecule has 0 radical (unpaired) electrons. The van der Waals surface area contributed by atoms with Gasteiger partial charge in [-0.05, 0) is 64.0 Å². The van der Waals surface area contributed by atoms with Gasteiger partial charge in [0.1, 0.15) is 28.1 Å². The number of alkyl halides is 24. The molecule has 8 rings (SSSR count). The summed E-state index contributed by atoms with van der Waals surface area (Å²) in [6.45, 7) is 0. The lowest BCUT2D eigenvalue weighted by atomic mass is 9.12. The maximum atomic E-state index is 14.2. The molecule has 1 unspecified atom stereocenters. The van der Waals surface area contributed by atoms with Gasteiger partial charge in [0, 0.05) is 5.56 Å². The molecule has 8 aromatic carbocycles. The van der Waals surface area contributed by atoms with Crippen molar-refractivity contribution in [2.24, 2.45) is 0 Å². The van der Waals surface area contributed by atoms with Gasteiger partial charge in [0.25, 0.3) is 0 Å². The standard InChI is InChI=1S/C32H12BF24.C22H19OS/c34-25(35,36)13-1-14(26(37,38)39)6-21(5-13)33(22-7-15(27(40,41)42)2-16(8-22)28(43,44)45,23-9-17(29(46,47)48)3-18(10-23)30(49,50)51)24-11-19(31(52,53)54)4-20(12-24)32(55,56)57;1-24(23,19-11-3-2-4-12-19)16-22-20-13-7-5-9-17(20)15-18-10-6-8-14-21(18)22/h1-12H;2-15H,16H2,1H3/q-1;+1. The Hall–Kier alpha value is -7.19. The van der Waals surface area contributed by atoms with Crippen molar-refractivity contribution >= 4 is 59.5 Å². The van der Waals surface area contributed by atoms with Crippen LogP contribution in [0.5, 0.6) is 0 Å². The second kappa shape index (κ2) is 21.0. The summed E-state index contributed by atoms with van der Waals surface area (Å²) in [6.07, 6.45) is -52.9. The summed E-state index contributed by atoms with van der Waals surface area (Å²) in [6, 6.07) is 20.0. The lowest BCUT2D eigenvalue weighted by Crippen LogP contribution is -2.75. The molecule has 0 fully saturated rings. The minimum Gasteiger partial charge on any atom is -0.194 e. The van der Waals surface area contributed by atoms with E-state index in [1.165, 1.54) is 27.1 Å². The summed E-state index contributed by atoms with van der Waals surface area (Å²) in [5.74, 6) is 0.554. The molecule has 81 heavy (non-hydrogen) atoms. The lowest BCUT2D eigenvalue weighted by Gasteiger charge is -2.46. The molecule has 0 aromatic heterocycles. The zero-order chi connectivity index (χ0) is 60.5. The molecule has 0 saturated carbocycles. The first-order valence-electron chi connectivity index (χ1n) is 22.7. The van der Waals surface area contributed by atoms with Gasteiger partial charge in [0.05, 0.1) is 44.5 Å². The minimum atomic E-state index is -6.13. The summed E-state index contributed by atoms with van der Waals surface area (Å²) >= 11 is 0. The molecule has 0 bridgehead atoms. The van der Waals surface area contributed by atoms with E-state index < -0.39 is 205 Å². The Morgan fingerprint density at radius 3 is 0.765 bits per heavy atom. The molecule has 0 aliphatic heterocycles. The highest BCUT2D eigenvalue weighted by atomic mass is 32.2. The predicted octanol–water partition coefficient (Wildman–Crippen LogP) is 16.9. The van der Waals surface area contributed by atoms with Crippen LogP contribution in [0.25, 0.3) is 21.5 Å². The Morgan fingerprint density at radius 2 is 0.531 bits per heavy atom. The van der Waals surface area contributed by atoms with Crippen LogP contribution in [0, 0.1) is 0 Å². The third-order valence-corrected chi connectivity index (χ3v) is 15.1. The molecule has 8 aromatic rings. The Bertz CT molecular complexity index is 3190.